The van der Waals surface area contributed by atoms with Crippen LogP contribution in [0.2, 0.25) is 0 Å². The van der Waals surface area contributed by atoms with Crippen molar-refractivity contribution in [3.8, 4) is 0 Å². The first-order chi connectivity index (χ1) is 10.2. The zero-order valence-corrected chi connectivity index (χ0v) is 11.7. The van der Waals surface area contributed by atoms with Gasteiger partial charge in [0.2, 0.25) is 0 Å². The van der Waals surface area contributed by atoms with E-state index in [1.54, 1.807) is 0 Å². The summed E-state index contributed by atoms with van der Waals surface area (Å²) in [5.41, 5.74) is -5.15. The van der Waals surface area contributed by atoms with Crippen LogP contribution in [0.15, 0.2) is 0 Å². The molecule has 23 heavy (non-hydrogen) atoms. The SMILES string of the molecule is CC(C)C[C@@H](C(=O)O)N1C(=O)NC(C(F)(F)F)(C(F)(F)F)C1=O. The van der Waals surface area contributed by atoms with Gasteiger partial charge in [-0.2, -0.15) is 26.3 Å². The fourth-order valence-electron chi connectivity index (χ4n) is 2.14. The Balaban J connectivity index is 3.44. The Hall–Kier alpha value is -2.01. The maximum Gasteiger partial charge on any atom is 0.429 e. The molecule has 1 aliphatic rings. The van der Waals surface area contributed by atoms with Crippen LogP contribution in [-0.2, 0) is 9.59 Å². The second kappa shape index (κ2) is 5.57. The molecule has 0 aliphatic carbocycles. The highest BCUT2D eigenvalue weighted by molar-refractivity contribution is 6.10. The molecule has 0 saturated carbocycles. The van der Waals surface area contributed by atoms with Crippen LogP contribution in [0.5, 0.6) is 0 Å². The highest BCUT2D eigenvalue weighted by Gasteiger charge is 2.81. The van der Waals surface area contributed by atoms with Crippen molar-refractivity contribution in [3.05, 3.63) is 0 Å². The van der Waals surface area contributed by atoms with E-state index in [-0.39, 0.29) is 0 Å². The van der Waals surface area contributed by atoms with Gasteiger partial charge in [0, 0.05) is 0 Å². The van der Waals surface area contributed by atoms with Gasteiger partial charge < -0.3 is 10.4 Å². The van der Waals surface area contributed by atoms with Crippen molar-refractivity contribution >= 4 is 17.9 Å². The van der Waals surface area contributed by atoms with Crippen molar-refractivity contribution in [1.82, 2.24) is 10.2 Å². The molecule has 1 heterocycles. The lowest BCUT2D eigenvalue weighted by Crippen LogP contribution is -2.68. The third-order valence-corrected chi connectivity index (χ3v) is 3.19. The van der Waals surface area contributed by atoms with Crippen LogP contribution >= 0.6 is 0 Å². The molecule has 0 spiro atoms. The van der Waals surface area contributed by atoms with E-state index in [1.165, 1.54) is 13.8 Å². The van der Waals surface area contributed by atoms with Crippen molar-refractivity contribution in [2.45, 2.75) is 44.2 Å². The zero-order valence-electron chi connectivity index (χ0n) is 11.7. The maximum absolute atomic E-state index is 12.9. The minimum absolute atomic E-state index is 0.500. The van der Waals surface area contributed by atoms with Crippen LogP contribution in [-0.4, -0.2) is 51.8 Å². The Morgan fingerprint density at radius 2 is 1.61 bits per heavy atom. The van der Waals surface area contributed by atoms with Gasteiger partial charge in [-0.25, -0.2) is 14.5 Å². The van der Waals surface area contributed by atoms with Gasteiger partial charge in [-0.05, 0) is 12.3 Å². The molecule has 6 nitrogen and oxygen atoms in total. The van der Waals surface area contributed by atoms with Crippen molar-refractivity contribution in [2.24, 2.45) is 5.92 Å². The van der Waals surface area contributed by atoms with Gasteiger partial charge in [0.25, 0.3) is 5.91 Å². The van der Waals surface area contributed by atoms with E-state index in [9.17, 15) is 40.7 Å². The fourth-order valence-corrected chi connectivity index (χ4v) is 2.14. The molecule has 0 unspecified atom stereocenters. The third-order valence-electron chi connectivity index (χ3n) is 3.19. The van der Waals surface area contributed by atoms with Gasteiger partial charge in [0.1, 0.15) is 6.04 Å². The Kier molecular flexibility index (Phi) is 4.61. The molecule has 1 saturated heterocycles. The van der Waals surface area contributed by atoms with Crippen LogP contribution in [0, 0.1) is 5.92 Å². The van der Waals surface area contributed by atoms with Crippen LogP contribution < -0.4 is 5.32 Å². The van der Waals surface area contributed by atoms with E-state index in [1.807, 2.05) is 0 Å². The number of carbonyl (C=O) groups excluding carboxylic acids is 2. The second-order valence-electron chi connectivity index (χ2n) is 5.33. The average molecular weight is 350 g/mol. The van der Waals surface area contributed by atoms with Gasteiger partial charge in [0.15, 0.2) is 0 Å². The summed E-state index contributed by atoms with van der Waals surface area (Å²) in [6.45, 7) is 2.85. The quantitative estimate of drug-likeness (QED) is 0.599. The van der Waals surface area contributed by atoms with Gasteiger partial charge in [-0.15, -0.1) is 0 Å². The first kappa shape index (κ1) is 19.0. The summed E-state index contributed by atoms with van der Waals surface area (Å²) in [6, 6.07) is -4.20. The van der Waals surface area contributed by atoms with Crippen molar-refractivity contribution in [2.75, 3.05) is 0 Å². The number of nitrogens with one attached hydrogen (secondary N) is 1. The molecule has 3 amide bonds. The molecular formula is C11H12F6N2O4. The lowest BCUT2D eigenvalue weighted by molar-refractivity contribution is -0.290. The van der Waals surface area contributed by atoms with E-state index in [0.29, 0.717) is 5.32 Å². The molecule has 0 aromatic rings. The summed E-state index contributed by atoms with van der Waals surface area (Å²) in [4.78, 5) is 33.9. The number of hydrogen-bond donors (Lipinski definition) is 2. The first-order valence-corrected chi connectivity index (χ1v) is 6.19. The highest BCUT2D eigenvalue weighted by Crippen LogP contribution is 2.47. The topological polar surface area (TPSA) is 86.7 Å². The zero-order chi connectivity index (χ0) is 18.4. The van der Waals surface area contributed by atoms with E-state index in [0.717, 1.165) is 0 Å². The smallest absolute Gasteiger partial charge is 0.429 e. The molecular weight excluding hydrogens is 338 g/mol. The molecule has 2 N–H and O–H groups in total. The number of amides is 3. The number of carboxylic acid groups (broad SMARTS) is 1. The summed E-state index contributed by atoms with van der Waals surface area (Å²) < 4.78 is 77.4. The number of carbonyl (C=O) groups is 3. The number of alkyl halides is 6. The van der Waals surface area contributed by atoms with E-state index in [2.05, 4.69) is 0 Å². The number of nitrogens with zero attached hydrogens (tertiary/aromatic N) is 1. The fraction of sp³-hybridized carbons (Fsp3) is 0.727. The molecule has 0 radical (unpaired) electrons. The minimum Gasteiger partial charge on any atom is -0.480 e. The van der Waals surface area contributed by atoms with Crippen LogP contribution in [0.3, 0.4) is 0 Å². The maximum atomic E-state index is 12.9. The predicted octanol–water partition coefficient (Wildman–Crippen LogP) is 1.90. The molecule has 1 aliphatic heterocycles. The lowest BCUT2D eigenvalue weighted by atomic mass is 9.96. The summed E-state index contributed by atoms with van der Waals surface area (Å²) >= 11 is 0. The lowest BCUT2D eigenvalue weighted by Gasteiger charge is -2.31. The van der Waals surface area contributed by atoms with E-state index >= 15 is 0 Å². The molecule has 12 heteroatoms. The van der Waals surface area contributed by atoms with Gasteiger partial charge in [-0.1, -0.05) is 13.8 Å². The number of aliphatic carboxylic acids is 1. The highest BCUT2D eigenvalue weighted by atomic mass is 19.4. The standard InChI is InChI=1S/C11H12F6N2O4/c1-4(2)3-5(6(20)21)19-7(22)9(10(12,13)14,11(15,16)17)18-8(19)23/h4-5H,3H2,1-2H3,(H,18,23)(H,20,21)/t5-/m0/s1. The largest absolute Gasteiger partial charge is 0.480 e. The molecule has 1 atom stereocenters. The minimum atomic E-state index is -6.19. The normalized spacial score (nSPS) is 20.0. The van der Waals surface area contributed by atoms with Crippen LogP contribution in [0.25, 0.3) is 0 Å². The van der Waals surface area contributed by atoms with E-state index in [4.69, 9.17) is 5.11 Å². The van der Waals surface area contributed by atoms with Crippen molar-refractivity contribution in [1.29, 1.82) is 0 Å². The average Bonchev–Trinajstić information content (AvgIpc) is 2.57. The molecule has 132 valence electrons. The number of hydrogen-bond acceptors (Lipinski definition) is 3. The molecule has 1 rings (SSSR count). The summed E-state index contributed by atoms with van der Waals surface area (Å²) in [6.07, 6.45) is -12.9. The summed E-state index contributed by atoms with van der Waals surface area (Å²) in [5.74, 6) is -5.10. The number of imide groups is 1. The first-order valence-electron chi connectivity index (χ1n) is 6.19. The molecule has 0 bridgehead atoms. The van der Waals surface area contributed by atoms with Crippen molar-refractivity contribution in [3.63, 3.8) is 0 Å². The Bertz CT molecular complexity index is 514. The Morgan fingerprint density at radius 3 is 1.87 bits per heavy atom. The molecule has 0 aromatic carbocycles. The van der Waals surface area contributed by atoms with Gasteiger partial charge >= 0.3 is 29.9 Å². The number of halogens is 6. The summed E-state index contributed by atoms with van der Waals surface area (Å²) in [7, 11) is 0. The van der Waals surface area contributed by atoms with Crippen molar-refractivity contribution < 1.29 is 45.8 Å². The second-order valence-corrected chi connectivity index (χ2v) is 5.33. The number of urea groups is 1. The Morgan fingerprint density at radius 1 is 1.17 bits per heavy atom. The molecule has 1 fully saturated rings. The van der Waals surface area contributed by atoms with Gasteiger partial charge in [-0.3, -0.25) is 4.79 Å². The number of carboxylic acids is 1. The van der Waals surface area contributed by atoms with Crippen LogP contribution in [0.4, 0.5) is 31.1 Å². The monoisotopic (exact) mass is 350 g/mol. The number of rotatable bonds is 4. The van der Waals surface area contributed by atoms with Crippen LogP contribution in [0.1, 0.15) is 20.3 Å². The molecule has 0 aromatic heterocycles. The van der Waals surface area contributed by atoms with E-state index < -0.39 is 59.1 Å². The summed E-state index contributed by atoms with van der Waals surface area (Å²) in [5, 5.41) is 9.54. The third kappa shape index (κ3) is 2.93. The van der Waals surface area contributed by atoms with Gasteiger partial charge in [0.05, 0.1) is 0 Å². The Labute approximate surface area is 125 Å². The predicted molar refractivity (Wildman–Crippen MR) is 61.1 cm³/mol.